The fraction of sp³-hybridized carbons (Fsp3) is 0.333. The maximum atomic E-state index is 5.17. The minimum atomic E-state index is 0.616. The number of benzene rings is 1. The Morgan fingerprint density at radius 2 is 1.85 bits per heavy atom. The number of anilines is 1. The zero-order valence-electron chi connectivity index (χ0n) is 15.4. The second-order valence-corrected chi connectivity index (χ2v) is 6.56. The number of piperazine rings is 1. The lowest BCUT2D eigenvalue weighted by atomic mass is 10.1. The number of nitrogens with zero attached hydrogens (tertiary/aromatic N) is 4. The lowest BCUT2D eigenvalue weighted by Crippen LogP contribution is -2.46. The normalized spacial score (nSPS) is 15.4. The van der Waals surface area contributed by atoms with Gasteiger partial charge in [-0.05, 0) is 24.1 Å². The van der Waals surface area contributed by atoms with Gasteiger partial charge in [-0.3, -0.25) is 0 Å². The van der Waals surface area contributed by atoms with Crippen molar-refractivity contribution in [3.63, 3.8) is 0 Å². The summed E-state index contributed by atoms with van der Waals surface area (Å²) in [7, 11) is 1.63. The lowest BCUT2D eigenvalue weighted by Gasteiger charge is -2.35. The van der Waals surface area contributed by atoms with Gasteiger partial charge in [0.05, 0.1) is 12.8 Å². The first kappa shape index (κ1) is 16.8. The summed E-state index contributed by atoms with van der Waals surface area (Å²) in [5, 5.41) is 2.42. The van der Waals surface area contributed by atoms with Crippen molar-refractivity contribution in [2.45, 2.75) is 6.92 Å². The molecule has 5 heteroatoms. The highest BCUT2D eigenvalue weighted by Gasteiger charge is 2.19. The molecular weight excluding hydrogens is 324 g/mol. The standard InChI is InChI=1S/C21H24N4O/c1-3-24-10-12-25(13-11-24)21-18-7-5-4-6-16(18)14-19(23-21)17-8-9-20(26-2)22-15-17/h4-9,14-15H,3,10-13H2,1-2H3. The van der Waals surface area contributed by atoms with E-state index >= 15 is 0 Å². The number of hydrogen-bond acceptors (Lipinski definition) is 5. The van der Waals surface area contributed by atoms with Crippen molar-refractivity contribution in [3.8, 4) is 17.1 Å². The maximum absolute atomic E-state index is 5.17. The highest BCUT2D eigenvalue weighted by Crippen LogP contribution is 2.30. The number of methoxy groups -OCH3 is 1. The van der Waals surface area contributed by atoms with E-state index < -0.39 is 0 Å². The number of ether oxygens (including phenoxy) is 1. The Labute approximate surface area is 154 Å². The van der Waals surface area contributed by atoms with Crippen LogP contribution in [0.15, 0.2) is 48.7 Å². The molecule has 26 heavy (non-hydrogen) atoms. The number of rotatable bonds is 4. The van der Waals surface area contributed by atoms with E-state index in [1.165, 1.54) is 10.8 Å². The summed E-state index contributed by atoms with van der Waals surface area (Å²) in [6.45, 7) is 7.52. The van der Waals surface area contributed by atoms with Crippen molar-refractivity contribution >= 4 is 16.6 Å². The number of hydrogen-bond donors (Lipinski definition) is 0. The van der Waals surface area contributed by atoms with Gasteiger partial charge in [-0.1, -0.05) is 31.2 Å². The van der Waals surface area contributed by atoms with Crippen molar-refractivity contribution in [1.29, 1.82) is 0 Å². The van der Waals surface area contributed by atoms with Gasteiger partial charge in [0.15, 0.2) is 0 Å². The van der Waals surface area contributed by atoms with Crippen LogP contribution in [-0.2, 0) is 0 Å². The molecule has 2 aromatic heterocycles. The summed E-state index contributed by atoms with van der Waals surface area (Å²) < 4.78 is 5.17. The molecule has 0 bridgehead atoms. The molecule has 3 heterocycles. The van der Waals surface area contributed by atoms with Crippen LogP contribution < -0.4 is 9.64 Å². The molecule has 1 fully saturated rings. The molecule has 0 aliphatic carbocycles. The van der Waals surface area contributed by atoms with Gasteiger partial charge in [-0.15, -0.1) is 0 Å². The molecule has 1 saturated heterocycles. The first-order valence-electron chi connectivity index (χ1n) is 9.16. The molecule has 0 atom stereocenters. The summed E-state index contributed by atoms with van der Waals surface area (Å²) in [6.07, 6.45) is 1.83. The predicted molar refractivity (Wildman–Crippen MR) is 106 cm³/mol. The lowest BCUT2D eigenvalue weighted by molar-refractivity contribution is 0.271. The SMILES string of the molecule is CCN1CCN(c2nc(-c3ccc(OC)nc3)cc3ccccc23)CC1. The van der Waals surface area contributed by atoms with E-state index in [-0.39, 0.29) is 0 Å². The average molecular weight is 348 g/mol. The first-order chi connectivity index (χ1) is 12.8. The van der Waals surface area contributed by atoms with E-state index in [0.29, 0.717) is 5.88 Å². The van der Waals surface area contributed by atoms with Gasteiger partial charge < -0.3 is 14.5 Å². The average Bonchev–Trinajstić information content (AvgIpc) is 2.73. The first-order valence-corrected chi connectivity index (χ1v) is 9.16. The van der Waals surface area contributed by atoms with Crippen LogP contribution in [-0.4, -0.2) is 54.7 Å². The fourth-order valence-electron chi connectivity index (χ4n) is 3.50. The van der Waals surface area contributed by atoms with Crippen LogP contribution in [0, 0.1) is 0 Å². The molecule has 0 unspecified atom stereocenters. The van der Waals surface area contributed by atoms with Gasteiger partial charge >= 0.3 is 0 Å². The van der Waals surface area contributed by atoms with Crippen molar-refractivity contribution in [2.24, 2.45) is 0 Å². The van der Waals surface area contributed by atoms with Gasteiger partial charge in [-0.2, -0.15) is 0 Å². The molecule has 0 N–H and O–H groups in total. The Morgan fingerprint density at radius 1 is 1.04 bits per heavy atom. The highest BCUT2D eigenvalue weighted by molar-refractivity contribution is 5.95. The van der Waals surface area contributed by atoms with Gasteiger partial charge in [0.25, 0.3) is 0 Å². The van der Waals surface area contributed by atoms with Crippen molar-refractivity contribution < 1.29 is 4.74 Å². The summed E-state index contributed by atoms with van der Waals surface area (Å²) in [4.78, 5) is 14.3. The Hall–Kier alpha value is -2.66. The smallest absolute Gasteiger partial charge is 0.212 e. The largest absolute Gasteiger partial charge is 0.481 e. The third kappa shape index (κ3) is 3.22. The zero-order chi connectivity index (χ0) is 17.9. The van der Waals surface area contributed by atoms with Gasteiger partial charge in [0.2, 0.25) is 5.88 Å². The van der Waals surface area contributed by atoms with Crippen molar-refractivity contribution in [2.75, 3.05) is 44.7 Å². The third-order valence-corrected chi connectivity index (χ3v) is 5.08. The maximum Gasteiger partial charge on any atom is 0.212 e. The fourth-order valence-corrected chi connectivity index (χ4v) is 3.50. The van der Waals surface area contributed by atoms with Crippen molar-refractivity contribution in [1.82, 2.24) is 14.9 Å². The van der Waals surface area contributed by atoms with Gasteiger partial charge in [0.1, 0.15) is 5.82 Å². The van der Waals surface area contributed by atoms with E-state index in [1.807, 2.05) is 18.3 Å². The topological polar surface area (TPSA) is 41.5 Å². The Balaban J connectivity index is 1.75. The van der Waals surface area contributed by atoms with Crippen molar-refractivity contribution in [3.05, 3.63) is 48.7 Å². The molecular formula is C21H24N4O. The van der Waals surface area contributed by atoms with Crippen LogP contribution in [0.5, 0.6) is 5.88 Å². The summed E-state index contributed by atoms with van der Waals surface area (Å²) in [5.74, 6) is 1.69. The minimum absolute atomic E-state index is 0.616. The van der Waals surface area contributed by atoms with Crippen LogP contribution in [0.3, 0.4) is 0 Å². The summed E-state index contributed by atoms with van der Waals surface area (Å²) in [5.41, 5.74) is 1.96. The quantitative estimate of drug-likeness (QED) is 0.722. The van der Waals surface area contributed by atoms with Crippen LogP contribution >= 0.6 is 0 Å². The second-order valence-electron chi connectivity index (χ2n) is 6.56. The molecule has 0 radical (unpaired) electrons. The third-order valence-electron chi connectivity index (χ3n) is 5.08. The van der Waals surface area contributed by atoms with Crippen LogP contribution in [0.1, 0.15) is 6.92 Å². The van der Waals surface area contributed by atoms with E-state index in [2.05, 4.69) is 52.0 Å². The molecule has 0 amide bonds. The Bertz CT molecular complexity index is 886. The van der Waals surface area contributed by atoms with Crippen LogP contribution in [0.2, 0.25) is 0 Å². The highest BCUT2D eigenvalue weighted by atomic mass is 16.5. The minimum Gasteiger partial charge on any atom is -0.481 e. The van der Waals surface area contributed by atoms with Crippen LogP contribution in [0.25, 0.3) is 22.0 Å². The predicted octanol–water partition coefficient (Wildman–Crippen LogP) is 3.45. The van der Waals surface area contributed by atoms with E-state index in [4.69, 9.17) is 9.72 Å². The molecule has 3 aromatic rings. The second kappa shape index (κ2) is 7.30. The Kier molecular flexibility index (Phi) is 4.71. The number of pyridine rings is 2. The van der Waals surface area contributed by atoms with E-state index in [9.17, 15) is 0 Å². The van der Waals surface area contributed by atoms with E-state index in [1.54, 1.807) is 7.11 Å². The number of likely N-dealkylation sites (N-methyl/N-ethyl adjacent to an activating group) is 1. The molecule has 4 rings (SSSR count). The van der Waals surface area contributed by atoms with Gasteiger partial charge in [-0.25, -0.2) is 9.97 Å². The molecule has 5 nitrogen and oxygen atoms in total. The molecule has 1 aliphatic rings. The molecule has 134 valence electrons. The number of aromatic nitrogens is 2. The molecule has 0 saturated carbocycles. The van der Waals surface area contributed by atoms with E-state index in [0.717, 1.165) is 49.8 Å². The monoisotopic (exact) mass is 348 g/mol. The number of fused-ring (bicyclic) bond motifs is 1. The summed E-state index contributed by atoms with van der Waals surface area (Å²) >= 11 is 0. The molecule has 1 aromatic carbocycles. The van der Waals surface area contributed by atoms with Gasteiger partial charge in [0, 0.05) is 49.4 Å². The zero-order valence-corrected chi connectivity index (χ0v) is 15.4. The van der Waals surface area contributed by atoms with Crippen LogP contribution in [0.4, 0.5) is 5.82 Å². The molecule has 1 aliphatic heterocycles. The Morgan fingerprint density at radius 3 is 2.54 bits per heavy atom. The summed E-state index contributed by atoms with van der Waals surface area (Å²) in [6, 6.07) is 14.5. The molecule has 0 spiro atoms.